The molecular weight excluding hydrogens is 348 g/mol. The zero-order valence-corrected chi connectivity index (χ0v) is 16.0. The van der Waals surface area contributed by atoms with Crippen molar-refractivity contribution >= 4 is 12.0 Å². The van der Waals surface area contributed by atoms with E-state index in [1.54, 1.807) is 16.8 Å². The quantitative estimate of drug-likeness (QED) is 0.639. The largest absolute Gasteiger partial charge is 0.335 e. The molecular formula is C23H24N4O. The molecule has 0 saturated heterocycles. The predicted octanol–water partition coefficient (Wildman–Crippen LogP) is 3.88. The fourth-order valence-electron chi connectivity index (χ4n) is 3.80. The lowest BCUT2D eigenvalue weighted by atomic mass is 9.87. The van der Waals surface area contributed by atoms with Crippen molar-refractivity contribution in [3.8, 4) is 0 Å². The van der Waals surface area contributed by atoms with E-state index in [-0.39, 0.29) is 11.9 Å². The molecule has 0 saturated carbocycles. The Morgan fingerprint density at radius 2 is 1.96 bits per heavy atom. The smallest absolute Gasteiger partial charge is 0.246 e. The van der Waals surface area contributed by atoms with Gasteiger partial charge in [-0.1, -0.05) is 59.8 Å². The monoisotopic (exact) mass is 372 g/mol. The Morgan fingerprint density at radius 1 is 1.18 bits per heavy atom. The number of benzene rings is 2. The Morgan fingerprint density at radius 3 is 2.82 bits per heavy atom. The number of aryl methyl sites for hydroxylation is 1. The lowest BCUT2D eigenvalue weighted by Crippen LogP contribution is -2.32. The van der Waals surface area contributed by atoms with E-state index in [0.29, 0.717) is 12.2 Å². The van der Waals surface area contributed by atoms with E-state index in [4.69, 9.17) is 0 Å². The molecule has 1 aliphatic rings. The Kier molecular flexibility index (Phi) is 5.33. The van der Waals surface area contributed by atoms with Gasteiger partial charge in [-0.3, -0.25) is 4.79 Å². The van der Waals surface area contributed by atoms with Crippen molar-refractivity contribution in [3.05, 3.63) is 89.3 Å². The minimum absolute atomic E-state index is 0.0145. The van der Waals surface area contributed by atoms with E-state index >= 15 is 0 Å². The number of amides is 1. The van der Waals surface area contributed by atoms with Crippen LogP contribution in [0.4, 0.5) is 0 Å². The number of hydrogen-bond acceptors (Lipinski definition) is 3. The average Bonchev–Trinajstić information content (AvgIpc) is 3.19. The topological polar surface area (TPSA) is 51.0 Å². The van der Waals surface area contributed by atoms with Gasteiger partial charge in [-0.2, -0.15) is 0 Å². The SMILES string of the molecule is CN(C(=O)/C=C\c1cn(Cc2ccccc2)nn1)[C@H]1CCCc2ccccc21. The molecule has 5 nitrogen and oxygen atoms in total. The number of rotatable bonds is 5. The average molecular weight is 372 g/mol. The summed E-state index contributed by atoms with van der Waals surface area (Å²) in [4.78, 5) is 14.5. The first-order chi connectivity index (χ1) is 13.7. The highest BCUT2D eigenvalue weighted by Gasteiger charge is 2.25. The highest BCUT2D eigenvalue weighted by molar-refractivity contribution is 5.91. The van der Waals surface area contributed by atoms with E-state index in [9.17, 15) is 4.79 Å². The first kappa shape index (κ1) is 18.2. The first-order valence-electron chi connectivity index (χ1n) is 9.67. The Balaban J connectivity index is 1.42. The molecule has 1 amide bonds. The molecule has 1 aliphatic carbocycles. The zero-order valence-electron chi connectivity index (χ0n) is 16.0. The molecule has 28 heavy (non-hydrogen) atoms. The molecule has 0 spiro atoms. The second-order valence-corrected chi connectivity index (χ2v) is 7.22. The number of likely N-dealkylation sites (N-methyl/N-ethyl adjacent to an activating group) is 1. The number of nitrogens with zero attached hydrogens (tertiary/aromatic N) is 4. The van der Waals surface area contributed by atoms with Gasteiger partial charge in [-0.25, -0.2) is 4.68 Å². The third kappa shape index (κ3) is 4.03. The maximum absolute atomic E-state index is 12.7. The van der Waals surface area contributed by atoms with Crippen molar-refractivity contribution in [2.24, 2.45) is 0 Å². The van der Waals surface area contributed by atoms with Crippen LogP contribution in [0.5, 0.6) is 0 Å². The van der Waals surface area contributed by atoms with Crippen molar-refractivity contribution in [1.29, 1.82) is 0 Å². The summed E-state index contributed by atoms with van der Waals surface area (Å²) in [6.07, 6.45) is 8.38. The number of carbonyl (C=O) groups excluding carboxylic acids is 1. The highest BCUT2D eigenvalue weighted by Crippen LogP contribution is 2.33. The molecule has 1 atom stereocenters. The molecule has 4 rings (SSSR count). The van der Waals surface area contributed by atoms with Crippen LogP contribution in [0.15, 0.2) is 66.9 Å². The molecule has 5 heteroatoms. The predicted molar refractivity (Wildman–Crippen MR) is 109 cm³/mol. The lowest BCUT2D eigenvalue weighted by molar-refractivity contribution is -0.127. The summed E-state index contributed by atoms with van der Waals surface area (Å²) in [7, 11) is 1.88. The zero-order chi connectivity index (χ0) is 19.3. The summed E-state index contributed by atoms with van der Waals surface area (Å²) in [5.41, 5.74) is 4.47. The normalized spacial score (nSPS) is 16.1. The maximum Gasteiger partial charge on any atom is 0.246 e. The van der Waals surface area contributed by atoms with Gasteiger partial charge in [-0.15, -0.1) is 5.10 Å². The molecule has 0 N–H and O–H groups in total. The van der Waals surface area contributed by atoms with Crippen LogP contribution in [-0.2, 0) is 17.8 Å². The third-order valence-electron chi connectivity index (χ3n) is 5.29. The summed E-state index contributed by atoms with van der Waals surface area (Å²) in [5, 5.41) is 8.29. The molecule has 1 heterocycles. The van der Waals surface area contributed by atoms with E-state index in [0.717, 1.165) is 24.8 Å². The van der Waals surface area contributed by atoms with Gasteiger partial charge in [0.15, 0.2) is 0 Å². The second-order valence-electron chi connectivity index (χ2n) is 7.22. The van der Waals surface area contributed by atoms with Crippen LogP contribution in [0, 0.1) is 0 Å². The molecule has 0 aliphatic heterocycles. The summed E-state index contributed by atoms with van der Waals surface area (Å²) >= 11 is 0. The summed E-state index contributed by atoms with van der Waals surface area (Å²) in [6, 6.07) is 18.7. The van der Waals surface area contributed by atoms with Crippen molar-refractivity contribution in [3.63, 3.8) is 0 Å². The molecule has 0 fully saturated rings. The molecule has 0 radical (unpaired) electrons. The van der Waals surface area contributed by atoms with Crippen molar-refractivity contribution in [2.75, 3.05) is 7.05 Å². The maximum atomic E-state index is 12.7. The van der Waals surface area contributed by atoms with Crippen molar-refractivity contribution < 1.29 is 4.79 Å². The van der Waals surface area contributed by atoms with E-state index in [1.165, 1.54) is 11.1 Å². The van der Waals surface area contributed by atoms with Crippen molar-refractivity contribution in [1.82, 2.24) is 19.9 Å². The van der Waals surface area contributed by atoms with Crippen LogP contribution in [0.1, 0.15) is 41.3 Å². The van der Waals surface area contributed by atoms with Crippen LogP contribution < -0.4 is 0 Å². The lowest BCUT2D eigenvalue weighted by Gasteiger charge is -2.32. The third-order valence-corrected chi connectivity index (χ3v) is 5.29. The Bertz CT molecular complexity index is 977. The minimum Gasteiger partial charge on any atom is -0.335 e. The second kappa shape index (κ2) is 8.21. The minimum atomic E-state index is -0.0145. The van der Waals surface area contributed by atoms with E-state index in [1.807, 2.05) is 36.3 Å². The molecule has 0 unspecified atom stereocenters. The molecule has 142 valence electrons. The highest BCUT2D eigenvalue weighted by atomic mass is 16.2. The summed E-state index contributed by atoms with van der Waals surface area (Å²) < 4.78 is 1.78. The summed E-state index contributed by atoms with van der Waals surface area (Å²) in [5.74, 6) is -0.0145. The first-order valence-corrected chi connectivity index (χ1v) is 9.67. The van der Waals surface area contributed by atoms with Gasteiger partial charge < -0.3 is 4.90 Å². The standard InChI is InChI=1S/C23H24N4O/c1-26(22-13-7-11-19-10-5-6-12-21(19)22)23(28)15-14-20-17-27(25-24-20)16-18-8-3-2-4-9-18/h2-6,8-10,12,14-15,17,22H,7,11,13,16H2,1H3/b15-14-/t22-/m0/s1. The van der Waals surface area contributed by atoms with Gasteiger partial charge >= 0.3 is 0 Å². The van der Waals surface area contributed by atoms with Crippen LogP contribution in [0.3, 0.4) is 0 Å². The van der Waals surface area contributed by atoms with Gasteiger partial charge in [0, 0.05) is 13.1 Å². The number of fused-ring (bicyclic) bond motifs is 1. The van der Waals surface area contributed by atoms with Gasteiger partial charge in [-0.05, 0) is 42.0 Å². The van der Waals surface area contributed by atoms with Crippen LogP contribution >= 0.6 is 0 Å². The van der Waals surface area contributed by atoms with E-state index < -0.39 is 0 Å². The molecule has 3 aromatic rings. The van der Waals surface area contributed by atoms with Gasteiger partial charge in [0.1, 0.15) is 5.69 Å². The van der Waals surface area contributed by atoms with Crippen LogP contribution in [0.25, 0.3) is 6.08 Å². The van der Waals surface area contributed by atoms with Crippen molar-refractivity contribution in [2.45, 2.75) is 31.8 Å². The van der Waals surface area contributed by atoms with Gasteiger partial charge in [0.05, 0.1) is 18.8 Å². The summed E-state index contributed by atoms with van der Waals surface area (Å²) in [6.45, 7) is 0.661. The van der Waals surface area contributed by atoms with Crippen LogP contribution in [0.2, 0.25) is 0 Å². The fourth-order valence-corrected chi connectivity index (χ4v) is 3.80. The Labute approximate surface area is 165 Å². The molecule has 1 aromatic heterocycles. The van der Waals surface area contributed by atoms with Gasteiger partial charge in [0.2, 0.25) is 5.91 Å². The Hall–Kier alpha value is -3.21. The number of aromatic nitrogens is 3. The number of carbonyl (C=O) groups is 1. The number of hydrogen-bond donors (Lipinski definition) is 0. The molecule has 2 aromatic carbocycles. The molecule has 0 bridgehead atoms. The fraction of sp³-hybridized carbons (Fsp3) is 0.261. The van der Waals surface area contributed by atoms with Crippen LogP contribution in [-0.4, -0.2) is 32.8 Å². The van der Waals surface area contributed by atoms with Gasteiger partial charge in [0.25, 0.3) is 0 Å². The van der Waals surface area contributed by atoms with E-state index in [2.05, 4.69) is 46.7 Å².